The van der Waals surface area contributed by atoms with Crippen molar-refractivity contribution in [2.24, 2.45) is 0 Å². The predicted octanol–water partition coefficient (Wildman–Crippen LogP) is 3.89. The molecular weight excluding hydrogens is 407 g/mol. The fourth-order valence-corrected chi connectivity index (χ4v) is 3.52. The van der Waals surface area contributed by atoms with E-state index in [2.05, 4.69) is 20.9 Å². The molecule has 128 valence electrons. The summed E-state index contributed by atoms with van der Waals surface area (Å²) in [5.74, 6) is -0.0720. The lowest BCUT2D eigenvalue weighted by Gasteiger charge is -2.34. The molecule has 0 unspecified atom stereocenters. The van der Waals surface area contributed by atoms with Gasteiger partial charge in [0.2, 0.25) is 0 Å². The van der Waals surface area contributed by atoms with E-state index in [9.17, 15) is 18.0 Å². The minimum atomic E-state index is -4.37. The predicted molar refractivity (Wildman–Crippen MR) is 89.4 cm³/mol. The highest BCUT2D eigenvalue weighted by Gasteiger charge is 2.34. The van der Waals surface area contributed by atoms with E-state index in [1.807, 2.05) is 0 Å². The average molecular weight is 420 g/mol. The van der Waals surface area contributed by atoms with Crippen LogP contribution in [0.4, 0.5) is 18.3 Å². The number of rotatable bonds is 2. The van der Waals surface area contributed by atoms with Crippen molar-refractivity contribution in [1.82, 2.24) is 9.88 Å². The molecule has 1 amide bonds. The number of hydrogen-bond acceptors (Lipinski definition) is 4. The SMILES string of the molecule is O=C(c1ccc(Br)cc1)N1CCN(c2ncc(C(F)(F)F)s2)CC1. The van der Waals surface area contributed by atoms with Crippen LogP contribution >= 0.6 is 27.3 Å². The second-order valence-electron chi connectivity index (χ2n) is 5.29. The molecule has 1 fully saturated rings. The van der Waals surface area contributed by atoms with E-state index < -0.39 is 11.1 Å². The van der Waals surface area contributed by atoms with Gasteiger partial charge in [-0.2, -0.15) is 13.2 Å². The van der Waals surface area contributed by atoms with Crippen LogP contribution in [0, 0.1) is 0 Å². The van der Waals surface area contributed by atoms with E-state index in [1.54, 1.807) is 34.1 Å². The van der Waals surface area contributed by atoms with Crippen molar-refractivity contribution < 1.29 is 18.0 Å². The van der Waals surface area contributed by atoms with Gasteiger partial charge in [-0.15, -0.1) is 0 Å². The summed E-state index contributed by atoms with van der Waals surface area (Å²) in [4.78, 5) is 19.1. The Morgan fingerprint density at radius 2 is 1.75 bits per heavy atom. The first-order valence-corrected chi connectivity index (χ1v) is 8.78. The number of halogens is 4. The molecule has 1 saturated heterocycles. The molecule has 9 heteroatoms. The third-order valence-corrected chi connectivity index (χ3v) is 5.33. The first-order chi connectivity index (χ1) is 11.3. The van der Waals surface area contributed by atoms with Crippen LogP contribution in [0.15, 0.2) is 34.9 Å². The van der Waals surface area contributed by atoms with Crippen LogP contribution in [0.2, 0.25) is 0 Å². The zero-order chi connectivity index (χ0) is 17.3. The third kappa shape index (κ3) is 3.72. The van der Waals surface area contributed by atoms with Crippen molar-refractivity contribution in [2.75, 3.05) is 31.1 Å². The summed E-state index contributed by atoms with van der Waals surface area (Å²) < 4.78 is 38.8. The number of hydrogen-bond donors (Lipinski definition) is 0. The van der Waals surface area contributed by atoms with E-state index in [0.717, 1.165) is 10.7 Å². The molecule has 0 spiro atoms. The molecule has 1 aliphatic heterocycles. The van der Waals surface area contributed by atoms with Gasteiger partial charge in [0.1, 0.15) is 4.88 Å². The summed E-state index contributed by atoms with van der Waals surface area (Å²) in [5.41, 5.74) is 0.597. The van der Waals surface area contributed by atoms with Gasteiger partial charge in [0.05, 0.1) is 6.20 Å². The van der Waals surface area contributed by atoms with Crippen LogP contribution in [0.3, 0.4) is 0 Å². The number of thiazole rings is 1. The van der Waals surface area contributed by atoms with Gasteiger partial charge in [0.25, 0.3) is 5.91 Å². The Morgan fingerprint density at radius 3 is 2.29 bits per heavy atom. The largest absolute Gasteiger partial charge is 0.427 e. The van der Waals surface area contributed by atoms with Crippen LogP contribution in [0.25, 0.3) is 0 Å². The average Bonchev–Trinajstić information content (AvgIpc) is 3.05. The van der Waals surface area contributed by atoms with Gasteiger partial charge in [-0.3, -0.25) is 4.79 Å². The van der Waals surface area contributed by atoms with Crippen molar-refractivity contribution >= 4 is 38.3 Å². The summed E-state index contributed by atoms with van der Waals surface area (Å²) >= 11 is 3.96. The summed E-state index contributed by atoms with van der Waals surface area (Å²) in [7, 11) is 0. The molecule has 24 heavy (non-hydrogen) atoms. The first-order valence-electron chi connectivity index (χ1n) is 7.17. The number of carbonyl (C=O) groups excluding carboxylic acids is 1. The van der Waals surface area contributed by atoms with Gasteiger partial charge >= 0.3 is 6.18 Å². The summed E-state index contributed by atoms with van der Waals surface area (Å²) in [6, 6.07) is 7.10. The molecule has 0 aliphatic carbocycles. The quantitative estimate of drug-likeness (QED) is 0.740. The van der Waals surface area contributed by atoms with E-state index >= 15 is 0 Å². The topological polar surface area (TPSA) is 36.4 Å². The van der Waals surface area contributed by atoms with Crippen molar-refractivity contribution in [2.45, 2.75) is 6.18 Å². The fourth-order valence-electron chi connectivity index (χ4n) is 2.42. The second-order valence-corrected chi connectivity index (χ2v) is 7.22. The van der Waals surface area contributed by atoms with E-state index in [4.69, 9.17) is 0 Å². The lowest BCUT2D eigenvalue weighted by Crippen LogP contribution is -2.48. The number of amides is 1. The Bertz CT molecular complexity index is 724. The molecule has 4 nitrogen and oxygen atoms in total. The number of piperazine rings is 1. The molecule has 3 rings (SSSR count). The van der Waals surface area contributed by atoms with Gasteiger partial charge in [-0.25, -0.2) is 4.98 Å². The molecule has 1 aromatic carbocycles. The number of nitrogens with zero attached hydrogens (tertiary/aromatic N) is 3. The first kappa shape index (κ1) is 17.2. The molecule has 0 N–H and O–H groups in total. The van der Waals surface area contributed by atoms with Crippen molar-refractivity contribution in [3.8, 4) is 0 Å². The molecule has 2 heterocycles. The van der Waals surface area contributed by atoms with Gasteiger partial charge < -0.3 is 9.80 Å². The standard InChI is InChI=1S/C15H13BrF3N3OS/c16-11-3-1-10(2-4-11)13(23)21-5-7-22(8-6-21)14-20-9-12(24-14)15(17,18)19/h1-4,9H,5-8H2. The maximum absolute atomic E-state index is 12.6. The van der Waals surface area contributed by atoms with Crippen molar-refractivity contribution in [3.63, 3.8) is 0 Å². The van der Waals surface area contributed by atoms with Gasteiger partial charge in [0.15, 0.2) is 5.13 Å². The monoisotopic (exact) mass is 419 g/mol. The Labute approximate surface area is 149 Å². The zero-order valence-electron chi connectivity index (χ0n) is 12.4. The Balaban J connectivity index is 1.62. The lowest BCUT2D eigenvalue weighted by atomic mass is 10.2. The number of aromatic nitrogens is 1. The Morgan fingerprint density at radius 1 is 1.12 bits per heavy atom. The molecular formula is C15H13BrF3N3OS. The number of carbonyl (C=O) groups is 1. The highest BCUT2D eigenvalue weighted by atomic mass is 79.9. The number of anilines is 1. The maximum atomic E-state index is 12.6. The second kappa shape index (κ2) is 6.72. The minimum absolute atomic E-state index is 0.0720. The van der Waals surface area contributed by atoms with Gasteiger partial charge in [-0.05, 0) is 24.3 Å². The van der Waals surface area contributed by atoms with E-state index in [-0.39, 0.29) is 5.91 Å². The van der Waals surface area contributed by atoms with Crippen molar-refractivity contribution in [1.29, 1.82) is 0 Å². The summed E-state index contributed by atoms with van der Waals surface area (Å²) in [5, 5.41) is 0.345. The molecule has 0 saturated carbocycles. The molecule has 0 radical (unpaired) electrons. The number of alkyl halides is 3. The summed E-state index contributed by atoms with van der Waals surface area (Å²) in [6.45, 7) is 1.84. The molecule has 0 atom stereocenters. The molecule has 1 aromatic heterocycles. The van der Waals surface area contributed by atoms with E-state index in [0.29, 0.717) is 48.2 Å². The lowest BCUT2D eigenvalue weighted by molar-refractivity contribution is -0.134. The Kier molecular flexibility index (Phi) is 4.82. The zero-order valence-corrected chi connectivity index (χ0v) is 14.8. The van der Waals surface area contributed by atoms with Crippen molar-refractivity contribution in [3.05, 3.63) is 45.4 Å². The smallest absolute Gasteiger partial charge is 0.345 e. The maximum Gasteiger partial charge on any atom is 0.427 e. The molecule has 0 bridgehead atoms. The third-order valence-electron chi connectivity index (χ3n) is 3.70. The van der Waals surface area contributed by atoms with Gasteiger partial charge in [0, 0.05) is 36.2 Å². The van der Waals surface area contributed by atoms with Crippen LogP contribution < -0.4 is 4.90 Å². The van der Waals surface area contributed by atoms with E-state index in [1.165, 1.54) is 0 Å². The fraction of sp³-hybridized carbons (Fsp3) is 0.333. The molecule has 1 aliphatic rings. The summed E-state index contributed by atoms with van der Waals surface area (Å²) in [6.07, 6.45) is -3.51. The highest BCUT2D eigenvalue weighted by Crippen LogP contribution is 2.36. The molecule has 2 aromatic rings. The highest BCUT2D eigenvalue weighted by molar-refractivity contribution is 9.10. The van der Waals surface area contributed by atoms with Crippen LogP contribution in [0.1, 0.15) is 15.2 Å². The van der Waals surface area contributed by atoms with Crippen LogP contribution in [-0.2, 0) is 6.18 Å². The van der Waals surface area contributed by atoms with Crippen LogP contribution in [-0.4, -0.2) is 42.0 Å². The van der Waals surface area contributed by atoms with Gasteiger partial charge in [-0.1, -0.05) is 27.3 Å². The minimum Gasteiger partial charge on any atom is -0.345 e. The Hall–Kier alpha value is -1.61. The normalized spacial score (nSPS) is 15.7. The number of benzene rings is 1. The van der Waals surface area contributed by atoms with Crippen LogP contribution in [0.5, 0.6) is 0 Å².